The fourth-order valence-corrected chi connectivity index (χ4v) is 3.05. The van der Waals surface area contributed by atoms with Crippen LogP contribution in [0, 0.1) is 12.7 Å². The lowest BCUT2D eigenvalue weighted by atomic mass is 9.96. The lowest BCUT2D eigenvalue weighted by molar-refractivity contribution is -0.141. The van der Waals surface area contributed by atoms with Crippen LogP contribution < -0.4 is 0 Å². The summed E-state index contributed by atoms with van der Waals surface area (Å²) >= 11 is 0. The zero-order valence-electron chi connectivity index (χ0n) is 13.5. The summed E-state index contributed by atoms with van der Waals surface area (Å²) in [4.78, 5) is 20.2. The van der Waals surface area contributed by atoms with Gasteiger partial charge in [-0.2, -0.15) is 13.2 Å². The highest BCUT2D eigenvalue weighted by molar-refractivity contribution is 5.94. The molecule has 1 N–H and O–H groups in total. The fourth-order valence-electron chi connectivity index (χ4n) is 3.05. The highest BCUT2D eigenvalue weighted by Crippen LogP contribution is 2.31. The molecule has 1 fully saturated rings. The Hall–Kier alpha value is -2.38. The average Bonchev–Trinajstić information content (AvgIpc) is 3.07. The molecule has 0 bridgehead atoms. The van der Waals surface area contributed by atoms with Gasteiger partial charge in [0.25, 0.3) is 5.91 Å². The number of aromatic nitrogens is 2. The first kappa shape index (κ1) is 17.4. The van der Waals surface area contributed by atoms with Crippen LogP contribution >= 0.6 is 0 Å². The zero-order valence-corrected chi connectivity index (χ0v) is 13.5. The van der Waals surface area contributed by atoms with Crippen molar-refractivity contribution < 1.29 is 22.4 Å². The Bertz CT molecular complexity index is 784. The SMILES string of the molecule is Cc1ccc(F)c(C(=O)N2CCC[C@@H](c3ncc(C(F)(F)F)[nH]3)C2)c1. The first-order valence-electron chi connectivity index (χ1n) is 7.93. The van der Waals surface area contributed by atoms with Gasteiger partial charge in [-0.3, -0.25) is 4.79 Å². The molecule has 134 valence electrons. The molecule has 2 aromatic rings. The molecule has 1 aromatic carbocycles. The van der Waals surface area contributed by atoms with Crippen molar-refractivity contribution in [3.05, 3.63) is 52.9 Å². The second-order valence-corrected chi connectivity index (χ2v) is 6.25. The first-order chi connectivity index (χ1) is 11.8. The zero-order chi connectivity index (χ0) is 18.2. The van der Waals surface area contributed by atoms with Gasteiger partial charge in [0.2, 0.25) is 0 Å². The highest BCUT2D eigenvalue weighted by Gasteiger charge is 2.35. The Labute approximate surface area is 141 Å². The number of hydrogen-bond acceptors (Lipinski definition) is 2. The molecule has 1 amide bonds. The Morgan fingerprint density at radius 2 is 2.12 bits per heavy atom. The van der Waals surface area contributed by atoms with Gasteiger partial charge >= 0.3 is 6.18 Å². The van der Waals surface area contributed by atoms with Crippen LogP contribution in [-0.2, 0) is 6.18 Å². The number of aromatic amines is 1. The topological polar surface area (TPSA) is 49.0 Å². The Morgan fingerprint density at radius 3 is 2.80 bits per heavy atom. The fraction of sp³-hybridized carbons (Fsp3) is 0.412. The summed E-state index contributed by atoms with van der Waals surface area (Å²) in [5, 5.41) is 0. The number of aryl methyl sites for hydroxylation is 1. The molecule has 4 nitrogen and oxygen atoms in total. The van der Waals surface area contributed by atoms with E-state index in [0.717, 1.165) is 11.8 Å². The van der Waals surface area contributed by atoms with Gasteiger partial charge in [-0.25, -0.2) is 9.37 Å². The van der Waals surface area contributed by atoms with Gasteiger partial charge in [0.15, 0.2) is 0 Å². The number of carbonyl (C=O) groups excluding carboxylic acids is 1. The molecule has 0 aliphatic carbocycles. The summed E-state index contributed by atoms with van der Waals surface area (Å²) in [7, 11) is 0. The molecule has 0 radical (unpaired) electrons. The highest BCUT2D eigenvalue weighted by atomic mass is 19.4. The molecular weight excluding hydrogens is 338 g/mol. The van der Waals surface area contributed by atoms with Crippen molar-refractivity contribution in [2.24, 2.45) is 0 Å². The van der Waals surface area contributed by atoms with Crippen molar-refractivity contribution in [1.29, 1.82) is 0 Å². The van der Waals surface area contributed by atoms with E-state index in [1.807, 2.05) is 0 Å². The van der Waals surface area contributed by atoms with E-state index < -0.39 is 23.6 Å². The van der Waals surface area contributed by atoms with Crippen molar-refractivity contribution in [3.8, 4) is 0 Å². The minimum atomic E-state index is -4.49. The summed E-state index contributed by atoms with van der Waals surface area (Å²) in [5.41, 5.74) is -0.161. The summed E-state index contributed by atoms with van der Waals surface area (Å²) in [5.74, 6) is -1.18. The minimum absolute atomic E-state index is 0.0175. The maximum Gasteiger partial charge on any atom is 0.432 e. The van der Waals surface area contributed by atoms with Crippen molar-refractivity contribution in [2.75, 3.05) is 13.1 Å². The van der Waals surface area contributed by atoms with Crippen LogP contribution in [-0.4, -0.2) is 33.9 Å². The van der Waals surface area contributed by atoms with Crippen molar-refractivity contribution in [3.63, 3.8) is 0 Å². The molecule has 0 spiro atoms. The van der Waals surface area contributed by atoms with E-state index in [2.05, 4.69) is 9.97 Å². The van der Waals surface area contributed by atoms with E-state index in [4.69, 9.17) is 0 Å². The molecule has 1 aromatic heterocycles. The van der Waals surface area contributed by atoms with E-state index >= 15 is 0 Å². The maximum absolute atomic E-state index is 13.9. The number of H-pyrrole nitrogens is 1. The average molecular weight is 355 g/mol. The Kier molecular flexibility index (Phi) is 4.53. The predicted molar refractivity (Wildman–Crippen MR) is 82.6 cm³/mol. The molecular formula is C17H17F4N3O. The van der Waals surface area contributed by atoms with Crippen LogP contribution in [0.3, 0.4) is 0 Å². The lowest BCUT2D eigenvalue weighted by Crippen LogP contribution is -2.39. The third-order valence-corrected chi connectivity index (χ3v) is 4.35. The van der Waals surface area contributed by atoms with E-state index in [0.29, 0.717) is 19.4 Å². The van der Waals surface area contributed by atoms with Crippen molar-refractivity contribution in [2.45, 2.75) is 31.9 Å². The van der Waals surface area contributed by atoms with E-state index in [1.54, 1.807) is 13.0 Å². The largest absolute Gasteiger partial charge is 0.432 e. The number of nitrogens with zero attached hydrogens (tertiary/aromatic N) is 2. The number of halogens is 4. The Morgan fingerprint density at radius 1 is 1.36 bits per heavy atom. The van der Waals surface area contributed by atoms with Gasteiger partial charge in [-0.05, 0) is 31.9 Å². The third-order valence-electron chi connectivity index (χ3n) is 4.35. The number of amides is 1. The molecule has 1 saturated heterocycles. The normalized spacial score (nSPS) is 18.4. The van der Waals surface area contributed by atoms with Crippen LogP contribution in [0.2, 0.25) is 0 Å². The number of likely N-dealkylation sites (tertiary alicyclic amines) is 1. The lowest BCUT2D eigenvalue weighted by Gasteiger charge is -2.32. The molecule has 3 rings (SSSR count). The van der Waals surface area contributed by atoms with Gasteiger partial charge in [0, 0.05) is 19.0 Å². The number of piperidine rings is 1. The summed E-state index contributed by atoms with van der Waals surface area (Å²) in [6.07, 6.45) is -2.49. The van der Waals surface area contributed by atoms with E-state index in [1.165, 1.54) is 17.0 Å². The van der Waals surface area contributed by atoms with Crippen LogP contribution in [0.25, 0.3) is 0 Å². The number of hydrogen-bond donors (Lipinski definition) is 1. The second-order valence-electron chi connectivity index (χ2n) is 6.25. The number of carbonyl (C=O) groups is 1. The molecule has 0 unspecified atom stereocenters. The van der Waals surface area contributed by atoms with Gasteiger partial charge in [0.1, 0.15) is 17.3 Å². The van der Waals surface area contributed by atoms with Crippen LogP contribution in [0.4, 0.5) is 17.6 Å². The van der Waals surface area contributed by atoms with Gasteiger partial charge in [-0.1, -0.05) is 11.6 Å². The summed E-state index contributed by atoms with van der Waals surface area (Å²) in [6.45, 7) is 2.41. The summed E-state index contributed by atoms with van der Waals surface area (Å²) < 4.78 is 52.0. The van der Waals surface area contributed by atoms with Crippen molar-refractivity contribution >= 4 is 5.91 Å². The quantitative estimate of drug-likeness (QED) is 0.831. The number of imidazole rings is 1. The van der Waals surface area contributed by atoms with Gasteiger partial charge in [-0.15, -0.1) is 0 Å². The molecule has 25 heavy (non-hydrogen) atoms. The van der Waals surface area contributed by atoms with Gasteiger partial charge < -0.3 is 9.88 Å². The standard InChI is InChI=1S/C17H17F4N3O/c1-10-4-5-13(18)12(7-10)16(25)24-6-2-3-11(9-24)15-22-8-14(23-15)17(19,20)21/h4-5,7-8,11H,2-3,6,9H2,1H3,(H,22,23)/t11-/m1/s1. The molecule has 2 heterocycles. The summed E-state index contributed by atoms with van der Waals surface area (Å²) in [6, 6.07) is 4.30. The van der Waals surface area contributed by atoms with Crippen molar-refractivity contribution in [1.82, 2.24) is 14.9 Å². The number of nitrogens with one attached hydrogen (secondary N) is 1. The van der Waals surface area contributed by atoms with Crippen LogP contribution in [0.1, 0.15) is 46.2 Å². The van der Waals surface area contributed by atoms with Crippen LogP contribution in [0.15, 0.2) is 24.4 Å². The Balaban J connectivity index is 1.78. The van der Waals surface area contributed by atoms with E-state index in [-0.39, 0.29) is 23.9 Å². The van der Waals surface area contributed by atoms with E-state index in [9.17, 15) is 22.4 Å². The molecule has 1 aliphatic rings. The third kappa shape index (κ3) is 3.67. The molecule has 0 saturated carbocycles. The maximum atomic E-state index is 13.9. The second kappa shape index (κ2) is 6.50. The molecule has 1 aliphatic heterocycles. The van der Waals surface area contributed by atoms with Gasteiger partial charge in [0.05, 0.1) is 11.8 Å². The molecule has 8 heteroatoms. The smallest absolute Gasteiger partial charge is 0.338 e. The monoisotopic (exact) mass is 355 g/mol. The number of alkyl halides is 3. The number of benzene rings is 1. The minimum Gasteiger partial charge on any atom is -0.338 e. The molecule has 1 atom stereocenters. The van der Waals surface area contributed by atoms with Crippen LogP contribution in [0.5, 0.6) is 0 Å². The predicted octanol–water partition coefficient (Wildman–Crippen LogP) is 3.90. The number of rotatable bonds is 2. The first-order valence-corrected chi connectivity index (χ1v) is 7.93.